The lowest BCUT2D eigenvalue weighted by Crippen LogP contribution is -2.26. The normalized spacial score (nSPS) is 18.7. The van der Waals surface area contributed by atoms with Gasteiger partial charge in [-0.25, -0.2) is 9.37 Å². The summed E-state index contributed by atoms with van der Waals surface area (Å²) in [7, 11) is 0. The average molecular weight is 529 g/mol. The number of ether oxygens (including phenoxy) is 1. The summed E-state index contributed by atoms with van der Waals surface area (Å²) in [6, 6.07) is 6.63. The van der Waals surface area contributed by atoms with E-state index >= 15 is 0 Å². The second-order valence-corrected chi connectivity index (χ2v) is 9.76. The minimum atomic E-state index is -0.884. The highest BCUT2D eigenvalue weighted by Gasteiger charge is 2.27. The predicted molar refractivity (Wildman–Crippen MR) is 139 cm³/mol. The first-order valence-electron chi connectivity index (χ1n) is 12.5. The van der Waals surface area contributed by atoms with E-state index in [1.807, 2.05) is 25.4 Å². The molecule has 196 valence electrons. The Morgan fingerprint density at radius 3 is 2.76 bits per heavy atom. The first-order valence-corrected chi connectivity index (χ1v) is 12.9. The van der Waals surface area contributed by atoms with Crippen LogP contribution in [0.4, 0.5) is 10.2 Å². The van der Waals surface area contributed by atoms with Crippen molar-refractivity contribution in [2.75, 3.05) is 18.5 Å². The van der Waals surface area contributed by atoms with Crippen LogP contribution in [-0.4, -0.2) is 60.1 Å². The summed E-state index contributed by atoms with van der Waals surface area (Å²) in [6.07, 6.45) is 7.58. The minimum absolute atomic E-state index is 0.0802. The molecule has 1 atom stereocenters. The van der Waals surface area contributed by atoms with Crippen LogP contribution < -0.4 is 10.1 Å². The number of rotatable bonds is 9. The second-order valence-electron chi connectivity index (χ2n) is 9.32. The van der Waals surface area contributed by atoms with Crippen molar-refractivity contribution in [3.05, 3.63) is 53.7 Å². The molecule has 1 aliphatic carbocycles. The van der Waals surface area contributed by atoms with Crippen LogP contribution in [0.2, 0.25) is 5.02 Å². The van der Waals surface area contributed by atoms with Crippen LogP contribution in [0, 0.1) is 5.82 Å². The van der Waals surface area contributed by atoms with Crippen molar-refractivity contribution in [1.82, 2.24) is 24.5 Å². The molecule has 0 unspecified atom stereocenters. The molecule has 1 fully saturated rings. The van der Waals surface area contributed by atoms with Crippen molar-refractivity contribution in [1.29, 1.82) is 0 Å². The number of aliphatic hydroxyl groups excluding tert-OH is 2. The summed E-state index contributed by atoms with van der Waals surface area (Å²) < 4.78 is 23.8. The number of nitrogens with zero attached hydrogens (tertiary/aromatic N) is 5. The van der Waals surface area contributed by atoms with E-state index in [0.717, 1.165) is 60.2 Å². The van der Waals surface area contributed by atoms with Gasteiger partial charge in [0.2, 0.25) is 0 Å². The highest BCUT2D eigenvalue weighted by molar-refractivity contribution is 6.30. The van der Waals surface area contributed by atoms with E-state index in [1.54, 1.807) is 23.0 Å². The molecule has 37 heavy (non-hydrogen) atoms. The number of aliphatic hydroxyl groups is 2. The van der Waals surface area contributed by atoms with Gasteiger partial charge in [-0.1, -0.05) is 11.6 Å². The lowest BCUT2D eigenvalue weighted by atomic mass is 9.93. The second kappa shape index (κ2) is 11.0. The molecule has 0 radical (unpaired) electrons. The van der Waals surface area contributed by atoms with Crippen LogP contribution in [0.5, 0.6) is 5.75 Å². The number of benzene rings is 1. The number of hydrogen-bond acceptors (Lipinski definition) is 7. The molecule has 0 saturated heterocycles. The van der Waals surface area contributed by atoms with Crippen LogP contribution in [-0.2, 0) is 6.54 Å². The maximum atomic E-state index is 14.2. The quantitative estimate of drug-likeness (QED) is 0.294. The van der Waals surface area contributed by atoms with Crippen molar-refractivity contribution in [2.24, 2.45) is 0 Å². The summed E-state index contributed by atoms with van der Waals surface area (Å²) in [5.74, 6) is 0.553. The Morgan fingerprint density at radius 1 is 1.22 bits per heavy atom. The average Bonchev–Trinajstić information content (AvgIpc) is 3.50. The molecular weight excluding hydrogens is 499 g/mol. The maximum absolute atomic E-state index is 14.2. The third-order valence-corrected chi connectivity index (χ3v) is 6.88. The summed E-state index contributed by atoms with van der Waals surface area (Å²) in [4.78, 5) is 4.55. The van der Waals surface area contributed by atoms with Crippen molar-refractivity contribution >= 4 is 28.3 Å². The fraction of sp³-hybridized carbons (Fsp3) is 0.423. The lowest BCUT2D eigenvalue weighted by Gasteiger charge is -2.29. The molecule has 0 spiro atoms. The molecule has 3 aromatic heterocycles. The monoisotopic (exact) mass is 528 g/mol. The van der Waals surface area contributed by atoms with Gasteiger partial charge >= 0.3 is 0 Å². The fourth-order valence-electron chi connectivity index (χ4n) is 4.82. The van der Waals surface area contributed by atoms with E-state index in [-0.39, 0.29) is 31.0 Å². The Balaban J connectivity index is 1.39. The van der Waals surface area contributed by atoms with E-state index in [0.29, 0.717) is 5.02 Å². The van der Waals surface area contributed by atoms with Gasteiger partial charge in [-0.15, -0.1) is 0 Å². The number of nitrogens with one attached hydrogen (secondary N) is 1. The van der Waals surface area contributed by atoms with Crippen molar-refractivity contribution in [3.8, 4) is 17.0 Å². The lowest BCUT2D eigenvalue weighted by molar-refractivity contribution is 0.0783. The molecule has 11 heteroatoms. The number of fused-ring (bicyclic) bond motifs is 1. The Kier molecular flexibility index (Phi) is 7.59. The van der Waals surface area contributed by atoms with E-state index in [2.05, 4.69) is 20.1 Å². The molecule has 1 aromatic carbocycles. The van der Waals surface area contributed by atoms with Crippen LogP contribution >= 0.6 is 11.6 Å². The van der Waals surface area contributed by atoms with Gasteiger partial charge in [0.1, 0.15) is 11.5 Å². The maximum Gasteiger partial charge on any atom is 0.166 e. The van der Waals surface area contributed by atoms with Gasteiger partial charge in [-0.3, -0.25) is 9.36 Å². The predicted octanol–water partition coefficient (Wildman–Crippen LogP) is 4.44. The Hall–Kier alpha value is -3.21. The highest BCUT2D eigenvalue weighted by Crippen LogP contribution is 2.37. The standard InChI is InChI=1S/C26H30ClFN6O3/c1-2-29-25-10-23-21(12-30-25)26(16-11-31-33(13-16)14-19(36)15-35)32-34(23)18-4-6-20(7-5-18)37-24-8-3-17(27)9-22(24)28/h3,8-13,18-20,35-36H,2,4-7,14-15H2,1H3,(H,29,30)/t18?,19-,20?/m1/s1. The van der Waals surface area contributed by atoms with E-state index < -0.39 is 11.9 Å². The smallest absolute Gasteiger partial charge is 0.166 e. The first-order chi connectivity index (χ1) is 17.9. The Morgan fingerprint density at radius 2 is 2.03 bits per heavy atom. The largest absolute Gasteiger partial charge is 0.487 e. The van der Waals surface area contributed by atoms with Gasteiger partial charge in [0.05, 0.1) is 43.1 Å². The summed E-state index contributed by atoms with van der Waals surface area (Å²) in [6.45, 7) is 2.63. The number of pyridine rings is 1. The molecule has 3 heterocycles. The van der Waals surface area contributed by atoms with Crippen molar-refractivity contribution in [3.63, 3.8) is 0 Å². The Bertz CT molecular complexity index is 1370. The van der Waals surface area contributed by atoms with Crippen LogP contribution in [0.3, 0.4) is 0 Å². The minimum Gasteiger partial charge on any atom is -0.487 e. The van der Waals surface area contributed by atoms with Crippen molar-refractivity contribution in [2.45, 2.75) is 57.4 Å². The molecule has 9 nitrogen and oxygen atoms in total. The number of halogens is 2. The van der Waals surface area contributed by atoms with Crippen LogP contribution in [0.15, 0.2) is 42.9 Å². The molecule has 0 amide bonds. The molecule has 0 aliphatic heterocycles. The molecule has 4 aromatic rings. The summed E-state index contributed by atoms with van der Waals surface area (Å²) in [5.41, 5.74) is 2.54. The molecular formula is C26H30ClFN6O3. The number of aromatic nitrogens is 5. The number of hydrogen-bond donors (Lipinski definition) is 3. The zero-order chi connectivity index (χ0) is 25.9. The topological polar surface area (TPSA) is 110 Å². The van der Waals surface area contributed by atoms with Gasteiger partial charge < -0.3 is 20.3 Å². The van der Waals surface area contributed by atoms with Crippen molar-refractivity contribution < 1.29 is 19.3 Å². The van der Waals surface area contributed by atoms with E-state index in [4.69, 9.17) is 26.5 Å². The van der Waals surface area contributed by atoms with Crippen LogP contribution in [0.1, 0.15) is 38.6 Å². The van der Waals surface area contributed by atoms with E-state index in [1.165, 1.54) is 6.07 Å². The van der Waals surface area contributed by atoms with E-state index in [9.17, 15) is 9.50 Å². The highest BCUT2D eigenvalue weighted by atomic mass is 35.5. The molecule has 3 N–H and O–H groups in total. The zero-order valence-corrected chi connectivity index (χ0v) is 21.3. The summed E-state index contributed by atoms with van der Waals surface area (Å²) in [5, 5.41) is 32.8. The van der Waals surface area contributed by atoms with Crippen LogP contribution in [0.25, 0.3) is 22.2 Å². The molecule has 1 saturated carbocycles. The molecule has 5 rings (SSSR count). The molecule has 1 aliphatic rings. The van der Waals surface area contributed by atoms with Gasteiger partial charge in [-0.05, 0) is 50.8 Å². The SMILES string of the molecule is CCNc1cc2c(cn1)c(-c1cnn(C[C@@H](O)CO)c1)nn2C1CCC(Oc2ccc(Cl)cc2F)CC1. The van der Waals surface area contributed by atoms with Gasteiger partial charge in [0.15, 0.2) is 11.6 Å². The third-order valence-electron chi connectivity index (χ3n) is 6.64. The zero-order valence-electron chi connectivity index (χ0n) is 20.5. The fourth-order valence-corrected chi connectivity index (χ4v) is 4.98. The summed E-state index contributed by atoms with van der Waals surface area (Å²) >= 11 is 5.86. The number of anilines is 1. The van der Waals surface area contributed by atoms with Gasteiger partial charge in [0.25, 0.3) is 0 Å². The Labute approximate surface area is 218 Å². The first kappa shape index (κ1) is 25.4. The van der Waals surface area contributed by atoms with Gasteiger partial charge in [-0.2, -0.15) is 10.2 Å². The van der Waals surface area contributed by atoms with Gasteiger partial charge in [0, 0.05) is 41.0 Å². The molecule has 0 bridgehead atoms. The third kappa shape index (κ3) is 5.56.